The Bertz CT molecular complexity index is 2190. The molecule has 63 heavy (non-hydrogen) atoms. The van der Waals surface area contributed by atoms with Crippen LogP contribution in [0.5, 0.6) is 0 Å². The van der Waals surface area contributed by atoms with Crippen molar-refractivity contribution >= 4 is 21.4 Å². The van der Waals surface area contributed by atoms with Crippen LogP contribution in [0.4, 0.5) is 0 Å². The fraction of sp³-hybridized carbons (Fsp3) is 0.0526. The highest BCUT2D eigenvalue weighted by atomic mass is 16.7. The topological polar surface area (TPSA) is 27.7 Å². The molecule has 6 heteroatoms. The van der Waals surface area contributed by atoms with E-state index in [1.807, 2.05) is 0 Å². The summed E-state index contributed by atoms with van der Waals surface area (Å²) >= 11 is 0. The number of rotatable bonds is 12. The van der Waals surface area contributed by atoms with Crippen LogP contribution in [0.2, 0.25) is 0 Å². The molecule has 0 N–H and O–H groups in total. The van der Waals surface area contributed by atoms with Crippen LogP contribution in [-0.2, 0) is 29.7 Å². The molecule has 1 aliphatic rings. The van der Waals surface area contributed by atoms with Crippen molar-refractivity contribution in [1.82, 2.24) is 0 Å². The first kappa shape index (κ1) is 40.1. The highest BCUT2D eigenvalue weighted by Crippen LogP contribution is 2.52. The van der Waals surface area contributed by atoms with E-state index in [0.717, 1.165) is 50.1 Å². The third-order valence-electron chi connectivity index (χ3n) is 12.9. The Morgan fingerprint density at radius 1 is 0.175 bits per heavy atom. The number of benzene rings is 9. The summed E-state index contributed by atoms with van der Waals surface area (Å²) in [4.78, 5) is 0. The van der Waals surface area contributed by atoms with E-state index in [1.165, 1.54) is 0 Å². The number of hydrogen-bond acceptors (Lipinski definition) is 3. The molecule has 0 aromatic heterocycles. The molecule has 10 rings (SSSR count). The fourth-order valence-corrected chi connectivity index (χ4v) is 10.1. The molecule has 3 nitrogen and oxygen atoms in total. The zero-order chi connectivity index (χ0) is 42.4. The smallest absolute Gasteiger partial charge is 0.450 e. The third kappa shape index (κ3) is 6.98. The summed E-state index contributed by atoms with van der Waals surface area (Å²) in [6.45, 7) is 0. The van der Waals surface area contributed by atoms with Crippen LogP contribution in [0.1, 0.15) is 50.1 Å². The Morgan fingerprint density at radius 2 is 0.286 bits per heavy atom. The molecule has 1 aliphatic heterocycles. The second kappa shape index (κ2) is 17.8. The van der Waals surface area contributed by atoms with Gasteiger partial charge in [-0.05, 0) is 50.1 Å². The molecule has 0 atom stereocenters. The Labute approximate surface area is 372 Å². The lowest BCUT2D eigenvalue weighted by molar-refractivity contribution is 0.241. The van der Waals surface area contributed by atoms with Gasteiger partial charge in [-0.3, -0.25) is 0 Å². The maximum absolute atomic E-state index is 7.93. The SMILES string of the molecule is c1ccc(C(B2OB(C(c3ccccc3)(c3ccccc3)c3ccccc3)OB(C(c3ccccc3)(c3ccccc3)c3ccccc3)O2)(c2ccccc2)c2ccccc2)cc1. The molecule has 9 aromatic rings. The predicted octanol–water partition coefficient (Wildman–Crippen LogP) is 12.2. The summed E-state index contributed by atoms with van der Waals surface area (Å²) in [5.41, 5.74) is 9.26. The van der Waals surface area contributed by atoms with Gasteiger partial charge in [-0.2, -0.15) is 0 Å². The maximum atomic E-state index is 7.93. The van der Waals surface area contributed by atoms with Crippen LogP contribution in [0.3, 0.4) is 0 Å². The summed E-state index contributed by atoms with van der Waals surface area (Å²) in [6.07, 6.45) is 0. The Hall–Kier alpha value is -6.95. The summed E-state index contributed by atoms with van der Waals surface area (Å²) in [5, 5.41) is -3.01. The fourth-order valence-electron chi connectivity index (χ4n) is 10.1. The van der Waals surface area contributed by atoms with Crippen molar-refractivity contribution in [2.45, 2.75) is 15.9 Å². The lowest BCUT2D eigenvalue weighted by Gasteiger charge is -2.51. The molecular weight excluding hydrogens is 765 g/mol. The highest BCUT2D eigenvalue weighted by molar-refractivity contribution is 6.78. The molecule has 1 heterocycles. The van der Waals surface area contributed by atoms with Crippen molar-refractivity contribution in [3.05, 3.63) is 323 Å². The summed E-state index contributed by atoms with van der Waals surface area (Å²) in [6, 6.07) is 96.1. The third-order valence-corrected chi connectivity index (χ3v) is 12.9. The van der Waals surface area contributed by atoms with Crippen LogP contribution in [0.25, 0.3) is 0 Å². The van der Waals surface area contributed by atoms with Crippen molar-refractivity contribution in [1.29, 1.82) is 0 Å². The minimum Gasteiger partial charge on any atom is -0.450 e. The van der Waals surface area contributed by atoms with E-state index in [0.29, 0.717) is 0 Å². The van der Waals surface area contributed by atoms with Crippen molar-refractivity contribution in [2.75, 3.05) is 0 Å². The van der Waals surface area contributed by atoms with Crippen LogP contribution >= 0.6 is 0 Å². The maximum Gasteiger partial charge on any atom is 0.450 e. The molecule has 0 radical (unpaired) electrons. The van der Waals surface area contributed by atoms with E-state index in [1.54, 1.807) is 0 Å². The summed E-state index contributed by atoms with van der Waals surface area (Å²) in [5.74, 6) is 0. The zero-order valence-electron chi connectivity index (χ0n) is 34.9. The van der Waals surface area contributed by atoms with Crippen LogP contribution in [0, 0.1) is 0 Å². The standard InChI is InChI=1S/C57H45B3O3/c1-10-28-46(29-11-1)55(47-30-12-2-13-31-47,48-32-14-3-15-33-48)58-61-59(56(49-34-16-4-17-35-49,50-36-18-5-19-37-50)51-38-20-6-21-39-51)63-60(62-58)57(52-40-22-7-23-41-52,53-42-24-8-25-43-53)54-44-26-9-27-45-54/h1-45H. The largest absolute Gasteiger partial charge is 0.450 e. The van der Waals surface area contributed by atoms with E-state index in [9.17, 15) is 0 Å². The van der Waals surface area contributed by atoms with E-state index in [-0.39, 0.29) is 0 Å². The highest BCUT2D eigenvalue weighted by Gasteiger charge is 2.66. The van der Waals surface area contributed by atoms with Crippen molar-refractivity contribution in [3.8, 4) is 0 Å². The minimum absolute atomic E-state index is 0.959. The molecule has 0 aliphatic carbocycles. The van der Waals surface area contributed by atoms with Crippen LogP contribution < -0.4 is 0 Å². The van der Waals surface area contributed by atoms with Gasteiger partial charge in [0.2, 0.25) is 0 Å². The van der Waals surface area contributed by atoms with Gasteiger partial charge in [0.25, 0.3) is 0 Å². The molecule has 0 spiro atoms. The van der Waals surface area contributed by atoms with Gasteiger partial charge in [0.1, 0.15) is 0 Å². The van der Waals surface area contributed by atoms with E-state index >= 15 is 0 Å². The van der Waals surface area contributed by atoms with Crippen molar-refractivity contribution < 1.29 is 13.7 Å². The molecule has 0 saturated carbocycles. The van der Waals surface area contributed by atoms with Gasteiger partial charge in [-0.15, -0.1) is 0 Å². The molecule has 9 aromatic carbocycles. The first-order chi connectivity index (χ1) is 31.3. The Balaban J connectivity index is 1.35. The number of hydrogen-bond donors (Lipinski definition) is 0. The first-order valence-corrected chi connectivity index (χ1v) is 21.7. The molecular formula is C57H45B3O3. The van der Waals surface area contributed by atoms with Gasteiger partial charge in [-0.25, -0.2) is 0 Å². The quantitative estimate of drug-likeness (QED) is 0.0909. The zero-order valence-corrected chi connectivity index (χ0v) is 34.9. The van der Waals surface area contributed by atoms with E-state index in [2.05, 4.69) is 273 Å². The van der Waals surface area contributed by atoms with Crippen LogP contribution in [-0.4, -0.2) is 21.4 Å². The van der Waals surface area contributed by atoms with Gasteiger partial charge in [-0.1, -0.05) is 273 Å². The molecule has 0 amide bonds. The second-order valence-electron chi connectivity index (χ2n) is 16.1. The summed E-state index contributed by atoms with van der Waals surface area (Å²) in [7, 11) is -2.88. The van der Waals surface area contributed by atoms with Crippen LogP contribution in [0.15, 0.2) is 273 Å². The lowest BCUT2D eigenvalue weighted by atomic mass is 9.37. The van der Waals surface area contributed by atoms with E-state index < -0.39 is 37.3 Å². The van der Waals surface area contributed by atoms with Gasteiger partial charge in [0.15, 0.2) is 0 Å². The molecule has 1 fully saturated rings. The molecule has 0 bridgehead atoms. The van der Waals surface area contributed by atoms with Gasteiger partial charge in [0.05, 0.1) is 15.9 Å². The van der Waals surface area contributed by atoms with Crippen molar-refractivity contribution in [2.24, 2.45) is 0 Å². The summed E-state index contributed by atoms with van der Waals surface area (Å²) < 4.78 is 23.8. The second-order valence-corrected chi connectivity index (χ2v) is 16.1. The lowest BCUT2D eigenvalue weighted by Crippen LogP contribution is -2.68. The first-order valence-electron chi connectivity index (χ1n) is 21.7. The monoisotopic (exact) mass is 810 g/mol. The minimum atomic E-state index is -1.00. The molecule has 300 valence electrons. The Kier molecular flexibility index (Phi) is 11.3. The Morgan fingerprint density at radius 3 is 0.397 bits per heavy atom. The average Bonchev–Trinajstić information content (AvgIpc) is 3.38. The van der Waals surface area contributed by atoms with E-state index in [4.69, 9.17) is 13.7 Å². The molecule has 0 unspecified atom stereocenters. The van der Waals surface area contributed by atoms with Crippen molar-refractivity contribution in [3.63, 3.8) is 0 Å². The average molecular weight is 810 g/mol. The normalized spacial score (nSPS) is 13.4. The molecule has 1 saturated heterocycles. The predicted molar refractivity (Wildman–Crippen MR) is 258 cm³/mol. The van der Waals surface area contributed by atoms with Gasteiger partial charge < -0.3 is 13.7 Å². The van der Waals surface area contributed by atoms with Gasteiger partial charge >= 0.3 is 21.4 Å². The van der Waals surface area contributed by atoms with Gasteiger partial charge in [0, 0.05) is 0 Å².